The van der Waals surface area contributed by atoms with Crippen molar-refractivity contribution in [2.24, 2.45) is 0 Å². The fourth-order valence-electron chi connectivity index (χ4n) is 1.23. The molecule has 1 rings (SSSR count). The van der Waals surface area contributed by atoms with E-state index in [0.717, 1.165) is 0 Å². The minimum absolute atomic E-state index is 0.0954. The van der Waals surface area contributed by atoms with Gasteiger partial charge in [-0.15, -0.1) is 11.6 Å². The molecule has 1 aromatic carbocycles. The average Bonchev–Trinajstić information content (AvgIpc) is 2.26. The second kappa shape index (κ2) is 5.07. The maximum atomic E-state index is 11.9. The predicted molar refractivity (Wildman–Crippen MR) is 62.0 cm³/mol. The van der Waals surface area contributed by atoms with Crippen LogP contribution in [0.2, 0.25) is 0 Å². The number of hydrogen-bond donors (Lipinski definition) is 2. The van der Waals surface area contributed by atoms with Crippen LogP contribution in [0.4, 0.5) is 0 Å². The van der Waals surface area contributed by atoms with Crippen LogP contribution in [0.5, 0.6) is 11.5 Å². The van der Waals surface area contributed by atoms with Crippen LogP contribution in [0.1, 0.15) is 17.3 Å². The lowest BCUT2D eigenvalue weighted by atomic mass is 10.1. The molecular formula is C11H14ClNO3. The lowest BCUT2D eigenvalue weighted by Crippen LogP contribution is -2.36. The van der Waals surface area contributed by atoms with Crippen LogP contribution < -0.4 is 0 Å². The maximum Gasteiger partial charge on any atom is 0.261 e. The molecule has 0 aliphatic carbocycles. The molecule has 1 amide bonds. The first-order valence-electron chi connectivity index (χ1n) is 4.83. The fourth-order valence-corrected chi connectivity index (χ4v) is 1.43. The van der Waals surface area contributed by atoms with E-state index in [1.54, 1.807) is 14.0 Å². The first-order chi connectivity index (χ1) is 7.49. The van der Waals surface area contributed by atoms with Crippen molar-refractivity contribution < 1.29 is 15.0 Å². The normalized spacial score (nSPS) is 12.2. The van der Waals surface area contributed by atoms with Crippen LogP contribution in [0.3, 0.4) is 0 Å². The smallest absolute Gasteiger partial charge is 0.261 e. The first-order valence-corrected chi connectivity index (χ1v) is 5.36. The molecule has 2 N–H and O–H groups in total. The zero-order chi connectivity index (χ0) is 12.3. The van der Waals surface area contributed by atoms with Crippen LogP contribution in [0.15, 0.2) is 18.2 Å². The summed E-state index contributed by atoms with van der Waals surface area (Å²) in [6.45, 7) is 1.78. The van der Waals surface area contributed by atoms with E-state index in [0.29, 0.717) is 0 Å². The zero-order valence-electron chi connectivity index (χ0n) is 9.14. The van der Waals surface area contributed by atoms with Crippen molar-refractivity contribution in [1.82, 2.24) is 4.90 Å². The number of phenols is 2. The van der Waals surface area contributed by atoms with E-state index in [4.69, 9.17) is 11.6 Å². The molecule has 0 saturated carbocycles. The van der Waals surface area contributed by atoms with Gasteiger partial charge >= 0.3 is 0 Å². The predicted octanol–water partition coefficient (Wildman–Crippen LogP) is 1.80. The second-order valence-electron chi connectivity index (χ2n) is 3.59. The molecule has 4 nitrogen and oxygen atoms in total. The van der Waals surface area contributed by atoms with Gasteiger partial charge in [0.2, 0.25) is 0 Å². The van der Waals surface area contributed by atoms with E-state index in [-0.39, 0.29) is 29.0 Å². The third-order valence-electron chi connectivity index (χ3n) is 2.44. The highest BCUT2D eigenvalue weighted by atomic mass is 35.5. The first kappa shape index (κ1) is 12.6. The third kappa shape index (κ3) is 2.39. The van der Waals surface area contributed by atoms with Crippen molar-refractivity contribution in [3.8, 4) is 11.5 Å². The highest BCUT2D eigenvalue weighted by Gasteiger charge is 2.22. The Bertz CT molecular complexity index is 375. The number of rotatable bonds is 3. The lowest BCUT2D eigenvalue weighted by Gasteiger charge is -2.23. The maximum absolute atomic E-state index is 11.9. The van der Waals surface area contributed by atoms with Gasteiger partial charge in [-0.05, 0) is 19.1 Å². The number of aromatic hydroxyl groups is 2. The van der Waals surface area contributed by atoms with E-state index in [1.807, 2.05) is 0 Å². The Morgan fingerprint density at radius 3 is 2.38 bits per heavy atom. The molecule has 1 unspecified atom stereocenters. The van der Waals surface area contributed by atoms with E-state index in [2.05, 4.69) is 0 Å². The topological polar surface area (TPSA) is 60.8 Å². The summed E-state index contributed by atoms with van der Waals surface area (Å²) < 4.78 is 0. The summed E-state index contributed by atoms with van der Waals surface area (Å²) in [7, 11) is 1.57. The second-order valence-corrected chi connectivity index (χ2v) is 3.90. The van der Waals surface area contributed by atoms with Crippen LogP contribution in [0, 0.1) is 0 Å². The van der Waals surface area contributed by atoms with Crippen LogP contribution >= 0.6 is 11.6 Å². The monoisotopic (exact) mass is 243 g/mol. The number of amides is 1. The molecule has 1 aromatic rings. The van der Waals surface area contributed by atoms with E-state index in [1.165, 1.54) is 23.1 Å². The average molecular weight is 244 g/mol. The molecule has 0 spiro atoms. The van der Waals surface area contributed by atoms with Crippen molar-refractivity contribution in [1.29, 1.82) is 0 Å². The molecule has 0 radical (unpaired) electrons. The largest absolute Gasteiger partial charge is 0.507 e. The Balaban J connectivity index is 3.05. The summed E-state index contributed by atoms with van der Waals surface area (Å²) in [6, 6.07) is 4.00. The number of alkyl halides is 1. The number of carbonyl (C=O) groups is 1. The van der Waals surface area contributed by atoms with Gasteiger partial charge in [0, 0.05) is 19.0 Å². The number of nitrogens with zero attached hydrogens (tertiary/aromatic N) is 1. The molecule has 16 heavy (non-hydrogen) atoms. The minimum atomic E-state index is -0.455. The summed E-state index contributed by atoms with van der Waals surface area (Å²) in [6.07, 6.45) is 0. The fraction of sp³-hybridized carbons (Fsp3) is 0.364. The van der Waals surface area contributed by atoms with Gasteiger partial charge in [0.05, 0.1) is 0 Å². The Hall–Kier alpha value is -1.42. The SMILES string of the molecule is CC(CCl)N(C)C(=O)c1c(O)cccc1O. The van der Waals surface area contributed by atoms with Gasteiger partial charge in [0.1, 0.15) is 17.1 Å². The molecular weight excluding hydrogens is 230 g/mol. The summed E-state index contributed by atoms with van der Waals surface area (Å²) in [5.74, 6) is -0.641. The minimum Gasteiger partial charge on any atom is -0.507 e. The lowest BCUT2D eigenvalue weighted by molar-refractivity contribution is 0.0750. The van der Waals surface area contributed by atoms with Crippen molar-refractivity contribution in [3.63, 3.8) is 0 Å². The summed E-state index contributed by atoms with van der Waals surface area (Å²) in [4.78, 5) is 13.3. The zero-order valence-corrected chi connectivity index (χ0v) is 9.90. The molecule has 0 aliphatic rings. The van der Waals surface area contributed by atoms with Gasteiger partial charge in [-0.3, -0.25) is 4.79 Å². The number of halogens is 1. The number of phenolic OH excluding ortho intramolecular Hbond substituents is 2. The van der Waals surface area contributed by atoms with Crippen LogP contribution in [-0.2, 0) is 0 Å². The molecule has 88 valence electrons. The van der Waals surface area contributed by atoms with E-state index >= 15 is 0 Å². The molecule has 0 bridgehead atoms. The molecule has 0 heterocycles. The van der Waals surface area contributed by atoms with Crippen molar-refractivity contribution >= 4 is 17.5 Å². The number of hydrogen-bond acceptors (Lipinski definition) is 3. The highest BCUT2D eigenvalue weighted by Crippen LogP contribution is 2.27. The van der Waals surface area contributed by atoms with Gasteiger partial charge in [0.25, 0.3) is 5.91 Å². The summed E-state index contributed by atoms with van der Waals surface area (Å²) >= 11 is 5.64. The molecule has 0 saturated heterocycles. The van der Waals surface area contributed by atoms with Crippen LogP contribution in [0.25, 0.3) is 0 Å². The van der Waals surface area contributed by atoms with Gasteiger partial charge < -0.3 is 15.1 Å². The van der Waals surface area contributed by atoms with E-state index < -0.39 is 5.91 Å². The van der Waals surface area contributed by atoms with Crippen LogP contribution in [-0.4, -0.2) is 40.0 Å². The Labute approximate surface area is 99.1 Å². The quantitative estimate of drug-likeness (QED) is 0.796. The van der Waals surface area contributed by atoms with Gasteiger partial charge in [-0.25, -0.2) is 0 Å². The Kier molecular flexibility index (Phi) is 4.01. The Morgan fingerprint density at radius 1 is 1.44 bits per heavy atom. The summed E-state index contributed by atoms with van der Waals surface area (Å²) in [5, 5.41) is 19.0. The Morgan fingerprint density at radius 2 is 1.94 bits per heavy atom. The molecule has 0 aromatic heterocycles. The van der Waals surface area contributed by atoms with Crippen molar-refractivity contribution in [2.45, 2.75) is 13.0 Å². The van der Waals surface area contributed by atoms with Crippen molar-refractivity contribution in [2.75, 3.05) is 12.9 Å². The standard InChI is InChI=1S/C11H14ClNO3/c1-7(6-12)13(2)11(16)10-8(14)4-3-5-9(10)15/h3-5,7,14-15H,6H2,1-2H3. The molecule has 1 atom stereocenters. The van der Waals surface area contributed by atoms with Gasteiger partial charge in [-0.1, -0.05) is 6.07 Å². The number of carbonyl (C=O) groups excluding carboxylic acids is 1. The molecule has 0 fully saturated rings. The number of benzene rings is 1. The molecule has 5 heteroatoms. The van der Waals surface area contributed by atoms with Crippen molar-refractivity contribution in [3.05, 3.63) is 23.8 Å². The third-order valence-corrected chi connectivity index (χ3v) is 2.89. The highest BCUT2D eigenvalue weighted by molar-refractivity contribution is 6.18. The van der Waals surface area contributed by atoms with E-state index in [9.17, 15) is 15.0 Å². The van der Waals surface area contributed by atoms with Gasteiger partial charge in [-0.2, -0.15) is 0 Å². The molecule has 0 aliphatic heterocycles. The van der Waals surface area contributed by atoms with Gasteiger partial charge in [0.15, 0.2) is 0 Å². The summed E-state index contributed by atoms with van der Waals surface area (Å²) in [5.41, 5.74) is -0.0954.